The Morgan fingerprint density at radius 3 is 2.27 bits per heavy atom. The van der Waals surface area contributed by atoms with E-state index in [4.69, 9.17) is 0 Å². The van der Waals surface area contributed by atoms with Gasteiger partial charge in [-0.15, -0.1) is 22.8 Å². The number of benzene rings is 1. The molecule has 0 atom stereocenters. The molecule has 1 fully saturated rings. The van der Waals surface area contributed by atoms with Crippen molar-refractivity contribution < 1.29 is 0 Å². The minimum atomic E-state index is 0.0931. The average Bonchev–Trinajstić information content (AvgIpc) is 2.58. The third kappa shape index (κ3) is 1.93. The van der Waals surface area contributed by atoms with Crippen LogP contribution < -0.4 is 5.30 Å². The van der Waals surface area contributed by atoms with Crippen LogP contribution in [0, 0.1) is 0 Å². The van der Waals surface area contributed by atoms with Crippen LogP contribution in [-0.2, 0) is 0 Å². The maximum Gasteiger partial charge on any atom is 0.0438 e. The smallest absolute Gasteiger partial charge is 0.0438 e. The van der Waals surface area contributed by atoms with E-state index in [2.05, 4.69) is 53.1 Å². The molecule has 2 rings (SSSR count). The maximum atomic E-state index is 2.25. The molecule has 1 aliphatic rings. The molecule has 0 bridgehead atoms. The van der Waals surface area contributed by atoms with E-state index in [1.807, 2.05) is 0 Å². The Kier molecular flexibility index (Phi) is 2.78. The van der Waals surface area contributed by atoms with Gasteiger partial charge in [-0.1, -0.05) is 30.3 Å². The second-order valence-electron chi connectivity index (χ2n) is 2.26. The van der Waals surface area contributed by atoms with Gasteiger partial charge in [-0.25, -0.2) is 0 Å². The highest BCUT2D eigenvalue weighted by atomic mass is 33.1. The molecule has 0 radical (unpaired) electrons. The molecule has 0 saturated carbocycles. The van der Waals surface area contributed by atoms with Gasteiger partial charge in [0, 0.05) is 17.8 Å². The van der Waals surface area contributed by atoms with Gasteiger partial charge in [0.05, 0.1) is 0 Å². The van der Waals surface area contributed by atoms with E-state index < -0.39 is 0 Å². The lowest BCUT2D eigenvalue weighted by Gasteiger charge is -2.05. The fourth-order valence-electron chi connectivity index (χ4n) is 0.976. The first kappa shape index (κ1) is 7.97. The molecule has 0 unspecified atom stereocenters. The molecule has 1 heterocycles. The first-order valence-corrected chi connectivity index (χ1v) is 8.10. The standard InChI is InChI=1S/C8H9PS2/c1-2-4-8(5-3-1)9-10-6-7-11-9/h1-5H,6-7H2. The number of rotatable bonds is 1. The minimum Gasteiger partial charge on any atom is -0.117 e. The maximum absolute atomic E-state index is 2.25. The quantitative estimate of drug-likeness (QED) is 0.639. The second-order valence-corrected chi connectivity index (χ2v) is 9.06. The lowest BCUT2D eigenvalue weighted by Crippen LogP contribution is -1.91. The van der Waals surface area contributed by atoms with E-state index in [0.717, 1.165) is 0 Å². The Hall–Kier alpha value is 0.350. The summed E-state index contributed by atoms with van der Waals surface area (Å²) in [5, 5.41) is 1.54. The van der Waals surface area contributed by atoms with Crippen molar-refractivity contribution in [2.75, 3.05) is 11.5 Å². The third-order valence-electron chi connectivity index (χ3n) is 1.47. The van der Waals surface area contributed by atoms with E-state index >= 15 is 0 Å². The molecular formula is C8H9PS2. The summed E-state index contributed by atoms with van der Waals surface area (Å²) in [7, 11) is 0. The normalized spacial score (nSPS) is 18.9. The lowest BCUT2D eigenvalue weighted by atomic mass is 10.4. The monoisotopic (exact) mass is 200 g/mol. The molecule has 11 heavy (non-hydrogen) atoms. The van der Waals surface area contributed by atoms with Gasteiger partial charge in [-0.3, -0.25) is 0 Å². The molecule has 1 aliphatic heterocycles. The molecule has 0 aliphatic carbocycles. The van der Waals surface area contributed by atoms with E-state index in [0.29, 0.717) is 0 Å². The van der Waals surface area contributed by atoms with Crippen molar-refractivity contribution in [3.05, 3.63) is 30.3 Å². The van der Waals surface area contributed by atoms with Gasteiger partial charge < -0.3 is 0 Å². The van der Waals surface area contributed by atoms with Crippen LogP contribution in [0.5, 0.6) is 0 Å². The molecule has 0 nitrogen and oxygen atoms in total. The van der Waals surface area contributed by atoms with Crippen LogP contribution in [0.3, 0.4) is 0 Å². The summed E-state index contributed by atoms with van der Waals surface area (Å²) in [5.41, 5.74) is 0. The van der Waals surface area contributed by atoms with E-state index in [1.54, 1.807) is 0 Å². The minimum absolute atomic E-state index is 0.0931. The summed E-state index contributed by atoms with van der Waals surface area (Å²) in [6, 6.07) is 10.9. The van der Waals surface area contributed by atoms with Crippen molar-refractivity contribution in [3.8, 4) is 0 Å². The zero-order valence-electron chi connectivity index (χ0n) is 6.06. The predicted octanol–water partition coefficient (Wildman–Crippen LogP) is 3.10. The Bertz CT molecular complexity index is 219. The zero-order chi connectivity index (χ0) is 7.52. The van der Waals surface area contributed by atoms with Crippen LogP contribution >= 0.6 is 29.1 Å². The van der Waals surface area contributed by atoms with Crippen molar-refractivity contribution in [1.29, 1.82) is 0 Å². The molecule has 1 aromatic carbocycles. The summed E-state index contributed by atoms with van der Waals surface area (Å²) in [4.78, 5) is 0. The summed E-state index contributed by atoms with van der Waals surface area (Å²) in [6.45, 7) is 0. The SMILES string of the molecule is c1ccc(P2SCCS2)cc1. The van der Waals surface area contributed by atoms with Crippen molar-refractivity contribution in [1.82, 2.24) is 0 Å². The highest BCUT2D eigenvalue weighted by molar-refractivity contribution is 8.91. The molecule has 0 aromatic heterocycles. The number of hydrogen-bond acceptors (Lipinski definition) is 2. The van der Waals surface area contributed by atoms with E-state index in [1.165, 1.54) is 16.8 Å². The van der Waals surface area contributed by atoms with Crippen LogP contribution in [0.25, 0.3) is 0 Å². The van der Waals surface area contributed by atoms with Gasteiger partial charge in [-0.05, 0) is 5.30 Å². The fraction of sp³-hybridized carbons (Fsp3) is 0.250. The predicted molar refractivity (Wildman–Crippen MR) is 57.9 cm³/mol. The zero-order valence-corrected chi connectivity index (χ0v) is 8.59. The molecule has 1 aromatic rings. The third-order valence-corrected chi connectivity index (χ3v) is 9.35. The van der Waals surface area contributed by atoms with Gasteiger partial charge in [0.2, 0.25) is 0 Å². The Morgan fingerprint density at radius 1 is 1.00 bits per heavy atom. The molecular weight excluding hydrogens is 191 g/mol. The van der Waals surface area contributed by atoms with Crippen molar-refractivity contribution in [2.45, 2.75) is 0 Å². The average molecular weight is 200 g/mol. The summed E-state index contributed by atoms with van der Waals surface area (Å²) < 4.78 is 0. The Morgan fingerprint density at radius 2 is 1.64 bits per heavy atom. The molecule has 58 valence electrons. The van der Waals surface area contributed by atoms with Crippen molar-refractivity contribution in [2.24, 2.45) is 0 Å². The van der Waals surface area contributed by atoms with Crippen LogP contribution in [0.1, 0.15) is 0 Å². The molecule has 0 N–H and O–H groups in total. The van der Waals surface area contributed by atoms with Gasteiger partial charge in [-0.2, -0.15) is 0 Å². The topological polar surface area (TPSA) is 0 Å². The lowest BCUT2D eigenvalue weighted by molar-refractivity contribution is 1.59. The Labute approximate surface area is 76.4 Å². The molecule has 1 saturated heterocycles. The summed E-state index contributed by atoms with van der Waals surface area (Å²) in [6.07, 6.45) is 0.0931. The van der Waals surface area contributed by atoms with Crippen LogP contribution in [-0.4, -0.2) is 11.5 Å². The number of hydrogen-bond donors (Lipinski definition) is 0. The first-order valence-electron chi connectivity index (χ1n) is 3.58. The van der Waals surface area contributed by atoms with Crippen LogP contribution in [0.2, 0.25) is 0 Å². The molecule has 3 heteroatoms. The van der Waals surface area contributed by atoms with E-state index in [-0.39, 0.29) is 6.33 Å². The van der Waals surface area contributed by atoms with Crippen LogP contribution in [0.4, 0.5) is 0 Å². The fourth-order valence-corrected chi connectivity index (χ4v) is 8.89. The van der Waals surface area contributed by atoms with Crippen LogP contribution in [0.15, 0.2) is 30.3 Å². The highest BCUT2D eigenvalue weighted by Gasteiger charge is 2.17. The van der Waals surface area contributed by atoms with Gasteiger partial charge >= 0.3 is 0 Å². The van der Waals surface area contributed by atoms with Crippen molar-refractivity contribution >= 4 is 34.4 Å². The van der Waals surface area contributed by atoms with Gasteiger partial charge in [0.25, 0.3) is 0 Å². The van der Waals surface area contributed by atoms with Crippen molar-refractivity contribution in [3.63, 3.8) is 0 Å². The highest BCUT2D eigenvalue weighted by Crippen LogP contribution is 2.64. The molecule has 0 amide bonds. The van der Waals surface area contributed by atoms with E-state index in [9.17, 15) is 0 Å². The summed E-state index contributed by atoms with van der Waals surface area (Å²) in [5.74, 6) is 2.68. The Balaban J connectivity index is 2.16. The van der Waals surface area contributed by atoms with Gasteiger partial charge in [0.15, 0.2) is 0 Å². The second kappa shape index (κ2) is 3.84. The summed E-state index contributed by atoms with van der Waals surface area (Å²) >= 11 is 4.25. The largest absolute Gasteiger partial charge is 0.117 e. The first-order chi connectivity index (χ1) is 5.47. The van der Waals surface area contributed by atoms with Gasteiger partial charge in [0.1, 0.15) is 0 Å². The molecule has 0 spiro atoms.